The lowest BCUT2D eigenvalue weighted by atomic mass is 9.58. The molecular formula is C18H29N3O2. The van der Waals surface area contributed by atoms with Crippen LogP contribution in [0.2, 0.25) is 0 Å². The Kier molecular flexibility index (Phi) is 4.18. The van der Waals surface area contributed by atoms with Crippen molar-refractivity contribution in [3.05, 3.63) is 0 Å². The molecule has 3 saturated carbocycles. The van der Waals surface area contributed by atoms with E-state index in [2.05, 4.69) is 6.07 Å². The Morgan fingerprint density at radius 1 is 1.35 bits per heavy atom. The van der Waals surface area contributed by atoms with Gasteiger partial charge in [-0.3, -0.25) is 4.79 Å². The summed E-state index contributed by atoms with van der Waals surface area (Å²) in [6.07, 6.45) is 7.20. The van der Waals surface area contributed by atoms with Gasteiger partial charge in [-0.15, -0.1) is 0 Å². The van der Waals surface area contributed by atoms with Crippen molar-refractivity contribution in [1.82, 2.24) is 4.90 Å². The Morgan fingerprint density at radius 3 is 2.87 bits per heavy atom. The van der Waals surface area contributed by atoms with Gasteiger partial charge in [0, 0.05) is 6.04 Å². The number of piperidine rings is 1. The van der Waals surface area contributed by atoms with Crippen molar-refractivity contribution in [2.45, 2.75) is 83.0 Å². The Bertz CT molecular complexity index is 527. The molecule has 23 heavy (non-hydrogen) atoms. The summed E-state index contributed by atoms with van der Waals surface area (Å²) in [5.74, 6) is 0.996. The molecule has 1 aliphatic heterocycles. The summed E-state index contributed by atoms with van der Waals surface area (Å²) in [5.41, 5.74) is 6.22. The zero-order chi connectivity index (χ0) is 15.5. The van der Waals surface area contributed by atoms with Crippen LogP contribution in [0, 0.1) is 28.6 Å². The van der Waals surface area contributed by atoms with Crippen molar-refractivity contribution < 1.29 is 9.90 Å². The maximum absolute atomic E-state index is 13.0. The molecule has 1 saturated heterocycles. The van der Waals surface area contributed by atoms with Crippen molar-refractivity contribution in [3.63, 3.8) is 0 Å². The maximum atomic E-state index is 13.0. The van der Waals surface area contributed by atoms with Crippen molar-refractivity contribution in [2.24, 2.45) is 23.0 Å². The average molecular weight is 319 g/mol. The molecule has 0 aromatic carbocycles. The van der Waals surface area contributed by atoms with Crippen LogP contribution >= 0.6 is 0 Å². The summed E-state index contributed by atoms with van der Waals surface area (Å²) >= 11 is 0. The van der Waals surface area contributed by atoms with Crippen LogP contribution in [0.25, 0.3) is 0 Å². The summed E-state index contributed by atoms with van der Waals surface area (Å²) in [6.45, 7) is 0. The van der Waals surface area contributed by atoms with Gasteiger partial charge in [0.1, 0.15) is 6.04 Å². The molecule has 4 aliphatic rings. The third kappa shape index (κ3) is 2.56. The number of nitrogens with zero attached hydrogens (tertiary/aromatic N) is 2. The number of nitriles is 1. The average Bonchev–Trinajstić information content (AvgIpc) is 3.15. The van der Waals surface area contributed by atoms with Gasteiger partial charge in [0.25, 0.3) is 0 Å². The van der Waals surface area contributed by atoms with E-state index in [0.29, 0.717) is 18.3 Å². The van der Waals surface area contributed by atoms with E-state index in [9.17, 15) is 15.2 Å². The van der Waals surface area contributed by atoms with Crippen LogP contribution in [0.5, 0.6) is 0 Å². The molecule has 0 spiro atoms. The van der Waals surface area contributed by atoms with Crippen molar-refractivity contribution >= 4 is 5.91 Å². The lowest BCUT2D eigenvalue weighted by Crippen LogP contribution is -2.58. The second kappa shape index (κ2) is 5.75. The van der Waals surface area contributed by atoms with Gasteiger partial charge in [-0.1, -0.05) is 20.3 Å². The highest BCUT2D eigenvalue weighted by Gasteiger charge is 2.57. The lowest BCUT2D eigenvalue weighted by Gasteiger charge is -2.50. The van der Waals surface area contributed by atoms with E-state index in [1.165, 1.54) is 0 Å². The molecule has 3 N–H and O–H groups in total. The van der Waals surface area contributed by atoms with Crippen LogP contribution in [0.4, 0.5) is 0 Å². The molecule has 4 fully saturated rings. The van der Waals surface area contributed by atoms with Gasteiger partial charge in [0.05, 0.1) is 18.2 Å². The second-order valence-electron chi connectivity index (χ2n) is 8.09. The highest BCUT2D eigenvalue weighted by molar-refractivity contribution is 5.84. The number of aliphatic hydroxyl groups excluding tert-OH is 1. The molecule has 128 valence electrons. The topological polar surface area (TPSA) is 90.4 Å². The van der Waals surface area contributed by atoms with Crippen molar-refractivity contribution in [1.29, 1.82) is 5.26 Å². The molecule has 1 amide bonds. The molecule has 5 nitrogen and oxygen atoms in total. The fourth-order valence-electron chi connectivity index (χ4n) is 5.57. The zero-order valence-corrected chi connectivity index (χ0v) is 12.9. The predicted molar refractivity (Wildman–Crippen MR) is 87.1 cm³/mol. The number of carbonyl (C=O) groups excluding carboxylic acids is 1. The van der Waals surface area contributed by atoms with Gasteiger partial charge >= 0.3 is 0 Å². The van der Waals surface area contributed by atoms with E-state index in [4.69, 9.17) is 5.73 Å². The molecule has 3 aliphatic carbocycles. The van der Waals surface area contributed by atoms with Gasteiger partial charge in [-0.05, 0) is 55.8 Å². The maximum Gasteiger partial charge on any atom is 0.241 e. The van der Waals surface area contributed by atoms with E-state index >= 15 is 0 Å². The quantitative estimate of drug-likeness (QED) is 0.812. The first kappa shape index (κ1) is 16.7. The largest absolute Gasteiger partial charge is 0.393 e. The molecule has 5 heteroatoms. The number of amides is 1. The van der Waals surface area contributed by atoms with Gasteiger partial charge in [0.2, 0.25) is 5.91 Å². The van der Waals surface area contributed by atoms with Gasteiger partial charge in [-0.2, -0.15) is 5.26 Å². The van der Waals surface area contributed by atoms with Crippen molar-refractivity contribution in [3.8, 4) is 6.07 Å². The molecule has 2 bridgehead atoms. The number of aliphatic hydroxyl groups is 1. The fourth-order valence-corrected chi connectivity index (χ4v) is 5.57. The number of likely N-dealkylation sites (tertiary alicyclic amines) is 1. The van der Waals surface area contributed by atoms with Gasteiger partial charge in [0.15, 0.2) is 0 Å². The van der Waals surface area contributed by atoms with E-state index in [1.54, 1.807) is 4.90 Å². The fraction of sp³-hybridized carbons (Fsp3) is 0.889. The van der Waals surface area contributed by atoms with Crippen LogP contribution in [-0.4, -0.2) is 40.1 Å². The molecule has 1 heterocycles. The minimum Gasteiger partial charge on any atom is -0.393 e. The summed E-state index contributed by atoms with van der Waals surface area (Å²) < 4.78 is 0. The minimum absolute atomic E-state index is 0. The van der Waals surface area contributed by atoms with Gasteiger partial charge < -0.3 is 15.7 Å². The van der Waals surface area contributed by atoms with E-state index in [0.717, 1.165) is 44.9 Å². The normalized spacial score (nSPS) is 45.4. The van der Waals surface area contributed by atoms with E-state index < -0.39 is 6.04 Å². The highest BCUT2D eigenvalue weighted by Crippen LogP contribution is 2.53. The molecular weight excluding hydrogens is 290 g/mol. The number of rotatable bonds is 2. The van der Waals surface area contributed by atoms with E-state index in [1.807, 2.05) is 0 Å². The number of fused-ring (bicyclic) bond motifs is 3. The third-order valence-electron chi connectivity index (χ3n) is 6.66. The number of nitrogens with two attached hydrogens (primary N) is 1. The lowest BCUT2D eigenvalue weighted by molar-refractivity contribution is -0.140. The molecule has 0 aromatic rings. The molecule has 4 rings (SSSR count). The monoisotopic (exact) mass is 319 g/mol. The highest BCUT2D eigenvalue weighted by atomic mass is 16.3. The number of hydrogen-bond donors (Lipinski definition) is 2. The van der Waals surface area contributed by atoms with E-state index in [-0.39, 0.29) is 36.9 Å². The van der Waals surface area contributed by atoms with Crippen LogP contribution in [0.15, 0.2) is 0 Å². The smallest absolute Gasteiger partial charge is 0.241 e. The molecule has 0 aromatic heterocycles. The molecule has 7 atom stereocenters. The standard InChI is InChI=1S/C17H25N3O2.CH4/c18-9-12-5-11-6-14(11)20(12)16(22)15(19)17-3-1-2-10(7-17)4-13(21)8-17;/h10-15,21H,1-8,19H2;1H4/t10?,11-,12+,13?,14+,15-,17?;/m1./s1. The summed E-state index contributed by atoms with van der Waals surface area (Å²) in [7, 11) is 0. The Balaban J connectivity index is 0.00000156. The number of hydrogen-bond acceptors (Lipinski definition) is 4. The SMILES string of the molecule is C.N#C[C@@H]1C[C@@H]2C[C@@H]2N1C(=O)[C@@H](N)C12CCCC(CC(O)C1)C2. The second-order valence-corrected chi connectivity index (χ2v) is 8.09. The summed E-state index contributed by atoms with van der Waals surface area (Å²) in [6, 6.07) is 1.69. The first-order valence-corrected chi connectivity index (χ1v) is 8.69. The van der Waals surface area contributed by atoms with Gasteiger partial charge in [-0.25, -0.2) is 0 Å². The summed E-state index contributed by atoms with van der Waals surface area (Å²) in [4.78, 5) is 14.8. The first-order chi connectivity index (χ1) is 10.5. The van der Waals surface area contributed by atoms with Crippen LogP contribution in [-0.2, 0) is 4.79 Å². The molecule has 3 unspecified atom stereocenters. The Labute approximate surface area is 138 Å². The Morgan fingerprint density at radius 2 is 2.13 bits per heavy atom. The zero-order valence-electron chi connectivity index (χ0n) is 12.9. The predicted octanol–water partition coefficient (Wildman–Crippen LogP) is 1.79. The van der Waals surface area contributed by atoms with Crippen LogP contribution < -0.4 is 5.73 Å². The Hall–Kier alpha value is -1.12. The minimum atomic E-state index is -0.555. The number of carbonyl (C=O) groups is 1. The molecule has 0 radical (unpaired) electrons. The van der Waals surface area contributed by atoms with Crippen LogP contribution in [0.1, 0.15) is 58.8 Å². The van der Waals surface area contributed by atoms with Crippen LogP contribution in [0.3, 0.4) is 0 Å². The summed E-state index contributed by atoms with van der Waals surface area (Å²) in [5, 5.41) is 19.5. The van der Waals surface area contributed by atoms with Crippen molar-refractivity contribution in [2.75, 3.05) is 0 Å². The third-order valence-corrected chi connectivity index (χ3v) is 6.66. The first-order valence-electron chi connectivity index (χ1n) is 8.69.